The van der Waals surface area contributed by atoms with Gasteiger partial charge in [-0.15, -0.1) is 6.42 Å². The van der Waals surface area contributed by atoms with Crippen molar-refractivity contribution in [1.29, 1.82) is 0 Å². The number of hydrogen-bond acceptors (Lipinski definition) is 4. The molecular weight excluding hydrogens is 488 g/mol. The molecule has 0 heterocycles. The fourth-order valence-corrected chi connectivity index (χ4v) is 2.15. The van der Waals surface area contributed by atoms with E-state index in [1.54, 1.807) is 0 Å². The molecule has 0 spiro atoms. The lowest BCUT2D eigenvalue weighted by Crippen LogP contribution is -2.58. The monoisotopic (exact) mass is 498 g/mol. The van der Waals surface area contributed by atoms with E-state index in [2.05, 4.69) is 11.0 Å². The highest BCUT2D eigenvalue weighted by Crippen LogP contribution is 2.45. The lowest BCUT2D eigenvalue weighted by Gasteiger charge is -2.27. The molecule has 0 aliphatic rings. The maximum atomic E-state index is 13.1. The van der Waals surface area contributed by atoms with Gasteiger partial charge in [-0.1, -0.05) is 5.92 Å². The number of benzene rings is 1. The topological polar surface area (TPSA) is 42.8 Å². The van der Waals surface area contributed by atoms with E-state index >= 15 is 0 Å². The first-order valence-corrected chi connectivity index (χ1v) is 7.51. The molecule has 0 radical (unpaired) electrons. The fourth-order valence-electron chi connectivity index (χ4n) is 1.54. The van der Waals surface area contributed by atoms with Gasteiger partial charge in [-0.3, -0.25) is 0 Å². The quantitative estimate of drug-likeness (QED) is 0.154. The van der Waals surface area contributed by atoms with Gasteiger partial charge in [0.25, 0.3) is 0 Å². The highest BCUT2D eigenvalue weighted by Gasteiger charge is 2.73. The van der Waals surface area contributed by atoms with Crippen molar-refractivity contribution in [3.63, 3.8) is 0 Å². The van der Waals surface area contributed by atoms with Crippen LogP contribution in [-0.4, -0.2) is 38.1 Å². The second kappa shape index (κ2) is 8.19. The van der Waals surface area contributed by atoms with Crippen molar-refractivity contribution in [3.05, 3.63) is 21.3 Å². The summed E-state index contributed by atoms with van der Waals surface area (Å²) in [6, 6.07) is -2.85. The van der Waals surface area contributed by atoms with Crippen LogP contribution in [0.25, 0.3) is 0 Å². The minimum Gasteiger partial charge on any atom is -0.493 e. The molecule has 1 aromatic carbocycles. The van der Waals surface area contributed by atoms with E-state index in [1.165, 1.54) is 19.2 Å². The Hall–Kier alpha value is -1.91. The van der Waals surface area contributed by atoms with E-state index < -0.39 is 18.1 Å². The summed E-state index contributed by atoms with van der Waals surface area (Å²) in [5.74, 6) is -4.12. The molecule has 0 fully saturated rings. The van der Waals surface area contributed by atoms with E-state index in [0.717, 1.165) is 0 Å². The van der Waals surface area contributed by atoms with Crippen LogP contribution in [0, 0.1) is 15.9 Å². The molecule has 0 saturated heterocycles. The van der Waals surface area contributed by atoms with Gasteiger partial charge in [0, 0.05) is 9.13 Å². The molecule has 0 aromatic heterocycles. The van der Waals surface area contributed by atoms with Gasteiger partial charge in [0.15, 0.2) is 11.5 Å². The average Bonchev–Trinajstić information content (AvgIpc) is 2.51. The van der Waals surface area contributed by atoms with Gasteiger partial charge in [0.2, 0.25) is 0 Å². The molecular formula is C14H10F7IN2O2. The van der Waals surface area contributed by atoms with Crippen molar-refractivity contribution in [2.75, 3.05) is 13.7 Å². The third-order valence-corrected chi connectivity index (χ3v) is 3.35. The van der Waals surface area contributed by atoms with Crippen LogP contribution in [0.1, 0.15) is 5.56 Å². The van der Waals surface area contributed by atoms with Crippen LogP contribution in [0.2, 0.25) is 0 Å². The summed E-state index contributed by atoms with van der Waals surface area (Å²) in [7, 11) is 1.27. The number of halogens is 8. The Kier molecular flexibility index (Phi) is 6.97. The molecule has 0 unspecified atom stereocenters. The van der Waals surface area contributed by atoms with E-state index in [9.17, 15) is 30.7 Å². The number of ether oxygens (including phenoxy) is 2. The minimum absolute atomic E-state index is 0.0392. The molecule has 0 saturated carbocycles. The first kappa shape index (κ1) is 22.1. The van der Waals surface area contributed by atoms with Crippen LogP contribution in [0.5, 0.6) is 11.5 Å². The van der Waals surface area contributed by atoms with Crippen molar-refractivity contribution < 1.29 is 40.2 Å². The van der Waals surface area contributed by atoms with Crippen LogP contribution in [0.3, 0.4) is 0 Å². The number of hydrazone groups is 1. The summed E-state index contributed by atoms with van der Waals surface area (Å²) >= 11 is 1.83. The number of methoxy groups -OCH3 is 1. The molecule has 0 atom stereocenters. The van der Waals surface area contributed by atoms with Crippen molar-refractivity contribution >= 4 is 28.8 Å². The van der Waals surface area contributed by atoms with Gasteiger partial charge in [-0.05, 0) is 34.7 Å². The summed E-state index contributed by atoms with van der Waals surface area (Å²) in [5.41, 5.74) is 0.482. The van der Waals surface area contributed by atoms with E-state index in [4.69, 9.17) is 15.9 Å². The van der Waals surface area contributed by atoms with Crippen molar-refractivity contribution in [2.24, 2.45) is 5.10 Å². The number of terminal acetylenes is 1. The molecule has 0 aliphatic heterocycles. The molecule has 26 heavy (non-hydrogen) atoms. The SMILES string of the molecule is C#CCOc1c(/C=N\NC(F)(F)C(F)(F)C(F)(F)F)cc(I)cc1OC. The number of nitrogens with zero attached hydrogens (tertiary/aromatic N) is 1. The summed E-state index contributed by atoms with van der Waals surface area (Å²) in [4.78, 5) is 0. The standard InChI is InChI=1S/C14H10F7IN2O2/c1-3-4-26-11-8(5-9(22)6-10(11)25-2)7-23-24-14(20,21)12(15,16)13(17,18)19/h1,5-7,24H,4H2,2H3/b23-7-. The predicted octanol–water partition coefficient (Wildman–Crippen LogP) is 4.03. The zero-order valence-corrected chi connectivity index (χ0v) is 15.0. The lowest BCUT2D eigenvalue weighted by atomic mass is 10.2. The van der Waals surface area contributed by atoms with Gasteiger partial charge in [0.1, 0.15) is 6.61 Å². The molecule has 12 heteroatoms. The number of rotatable bonds is 7. The smallest absolute Gasteiger partial charge is 0.462 e. The summed E-state index contributed by atoms with van der Waals surface area (Å²) < 4.78 is 98.7. The van der Waals surface area contributed by atoms with Crippen LogP contribution >= 0.6 is 22.6 Å². The lowest BCUT2D eigenvalue weighted by molar-refractivity contribution is -0.361. The molecule has 0 amide bonds. The molecule has 1 N–H and O–H groups in total. The molecule has 0 aliphatic carbocycles. The predicted molar refractivity (Wildman–Crippen MR) is 86.7 cm³/mol. The zero-order valence-electron chi connectivity index (χ0n) is 12.8. The summed E-state index contributed by atoms with van der Waals surface area (Å²) in [5, 5.41) is 2.78. The minimum atomic E-state index is -6.47. The zero-order chi connectivity index (χ0) is 20.2. The van der Waals surface area contributed by atoms with Gasteiger partial charge in [-0.25, -0.2) is 5.43 Å². The largest absolute Gasteiger partial charge is 0.493 e. The average molecular weight is 498 g/mol. The first-order valence-electron chi connectivity index (χ1n) is 6.43. The Morgan fingerprint density at radius 1 is 1.23 bits per heavy atom. The third kappa shape index (κ3) is 4.83. The van der Waals surface area contributed by atoms with E-state index in [1.807, 2.05) is 22.6 Å². The van der Waals surface area contributed by atoms with E-state index in [-0.39, 0.29) is 23.7 Å². The van der Waals surface area contributed by atoms with Crippen LogP contribution in [-0.2, 0) is 0 Å². The number of hydrogen-bond donors (Lipinski definition) is 1. The highest BCUT2D eigenvalue weighted by molar-refractivity contribution is 14.1. The number of alkyl halides is 7. The van der Waals surface area contributed by atoms with Crippen molar-refractivity contribution in [1.82, 2.24) is 5.43 Å². The van der Waals surface area contributed by atoms with Crippen LogP contribution in [0.4, 0.5) is 30.7 Å². The molecule has 1 rings (SSSR count). The molecule has 4 nitrogen and oxygen atoms in total. The Bertz CT molecular complexity index is 714. The van der Waals surface area contributed by atoms with Gasteiger partial charge >= 0.3 is 18.1 Å². The maximum Gasteiger partial charge on any atom is 0.462 e. The molecule has 1 aromatic rings. The van der Waals surface area contributed by atoms with Crippen molar-refractivity contribution in [3.8, 4) is 23.8 Å². The van der Waals surface area contributed by atoms with Crippen molar-refractivity contribution in [2.45, 2.75) is 18.1 Å². The van der Waals surface area contributed by atoms with Crippen LogP contribution in [0.15, 0.2) is 17.2 Å². The van der Waals surface area contributed by atoms with Gasteiger partial charge in [-0.2, -0.15) is 35.8 Å². The third-order valence-electron chi connectivity index (χ3n) is 2.73. The van der Waals surface area contributed by atoms with Gasteiger partial charge < -0.3 is 9.47 Å². The Morgan fingerprint density at radius 2 is 1.85 bits per heavy atom. The highest BCUT2D eigenvalue weighted by atomic mass is 127. The number of nitrogens with one attached hydrogen (secondary N) is 1. The second-order valence-corrected chi connectivity index (χ2v) is 5.78. The fraction of sp³-hybridized carbons (Fsp3) is 0.357. The normalized spacial score (nSPS) is 12.8. The summed E-state index contributed by atoms with van der Waals surface area (Å²) in [6.07, 6.45) is -0.845. The van der Waals surface area contributed by atoms with E-state index in [0.29, 0.717) is 15.2 Å². The first-order chi connectivity index (χ1) is 11.9. The Labute approximate surface area is 156 Å². The Balaban J connectivity index is 3.15. The maximum absolute atomic E-state index is 13.1. The van der Waals surface area contributed by atoms with Gasteiger partial charge in [0.05, 0.1) is 13.3 Å². The van der Waals surface area contributed by atoms with Crippen LogP contribution < -0.4 is 14.9 Å². The Morgan fingerprint density at radius 3 is 2.35 bits per heavy atom. The molecule has 0 bridgehead atoms. The summed E-state index contributed by atoms with van der Waals surface area (Å²) in [6.45, 7) is -0.243. The second-order valence-electron chi connectivity index (χ2n) is 4.54. The molecule has 144 valence electrons.